The number of benzene rings is 2. The van der Waals surface area contributed by atoms with Crippen molar-refractivity contribution in [2.45, 2.75) is 38.3 Å². The summed E-state index contributed by atoms with van der Waals surface area (Å²) in [7, 11) is 1.84. The van der Waals surface area contributed by atoms with E-state index in [1.54, 1.807) is 30.3 Å². The average Bonchev–Trinajstić information content (AvgIpc) is 3.22. The Hall–Kier alpha value is -4.12. The molecule has 2 aromatic rings. The molecular weight excluding hydrogens is 474 g/mol. The first-order valence-corrected chi connectivity index (χ1v) is 12.3. The number of azo groups is 1. The molecule has 1 fully saturated rings. The van der Waals surface area contributed by atoms with Crippen LogP contribution in [0.4, 0.5) is 17.1 Å². The van der Waals surface area contributed by atoms with E-state index in [-0.39, 0.29) is 37.2 Å². The van der Waals surface area contributed by atoms with Crippen molar-refractivity contribution in [3.05, 3.63) is 53.6 Å². The predicted octanol–water partition coefficient (Wildman–Crippen LogP) is 2.15. The average molecular weight is 506 g/mol. The summed E-state index contributed by atoms with van der Waals surface area (Å²) >= 11 is 0. The molecule has 0 bridgehead atoms. The number of piperidine rings is 1. The van der Waals surface area contributed by atoms with Crippen molar-refractivity contribution in [2.24, 2.45) is 16.0 Å². The minimum Gasteiger partial charge on any atom is -0.365 e. The molecule has 1 saturated heterocycles. The van der Waals surface area contributed by atoms with Crippen LogP contribution in [0.1, 0.15) is 41.6 Å². The lowest BCUT2D eigenvalue weighted by Crippen LogP contribution is -2.52. The zero-order valence-corrected chi connectivity index (χ0v) is 20.8. The molecule has 2 aliphatic rings. The van der Waals surface area contributed by atoms with Gasteiger partial charge in [0.1, 0.15) is 6.04 Å². The lowest BCUT2D eigenvalue weighted by molar-refractivity contribution is -0.137. The molecule has 0 radical (unpaired) electrons. The number of fused-ring (bicyclic) bond motifs is 1. The van der Waals surface area contributed by atoms with E-state index < -0.39 is 11.9 Å². The highest BCUT2D eigenvalue weighted by Gasteiger charge is 2.39. The fraction of sp³-hybridized carbons (Fsp3) is 0.385. The van der Waals surface area contributed by atoms with Crippen LogP contribution in [0.25, 0.3) is 0 Å². The Morgan fingerprint density at radius 2 is 1.92 bits per heavy atom. The van der Waals surface area contributed by atoms with Crippen molar-refractivity contribution in [2.75, 3.05) is 31.6 Å². The minimum atomic E-state index is -0.681. The van der Waals surface area contributed by atoms with Crippen molar-refractivity contribution in [1.82, 2.24) is 15.5 Å². The number of unbranched alkanes of at least 4 members (excludes halogenated alkanes) is 1. The molecule has 0 aromatic heterocycles. The highest BCUT2D eigenvalue weighted by molar-refractivity contribution is 6.06. The molecule has 37 heavy (non-hydrogen) atoms. The lowest BCUT2D eigenvalue weighted by Gasteiger charge is -2.29. The third-order valence-electron chi connectivity index (χ3n) is 6.45. The Morgan fingerprint density at radius 1 is 1.14 bits per heavy atom. The molecule has 1 atom stereocenters. The maximum atomic E-state index is 13.0. The largest absolute Gasteiger partial charge is 0.365 e. The monoisotopic (exact) mass is 505 g/mol. The quantitative estimate of drug-likeness (QED) is 0.256. The van der Waals surface area contributed by atoms with Gasteiger partial charge in [-0.15, -0.1) is 0 Å². The number of likely N-dealkylation sites (N-methyl/N-ethyl adjacent to an activating group) is 1. The summed E-state index contributed by atoms with van der Waals surface area (Å²) in [6.07, 6.45) is 2.25. The second kappa shape index (κ2) is 11.7. The van der Waals surface area contributed by atoms with E-state index >= 15 is 0 Å². The van der Waals surface area contributed by atoms with E-state index in [0.29, 0.717) is 42.0 Å². The number of carbonyl (C=O) groups excluding carboxylic acids is 4. The van der Waals surface area contributed by atoms with E-state index in [9.17, 15) is 19.2 Å². The van der Waals surface area contributed by atoms with Crippen molar-refractivity contribution in [3.63, 3.8) is 0 Å². The molecule has 2 aromatic carbocycles. The number of anilines is 1. The van der Waals surface area contributed by atoms with Crippen molar-refractivity contribution in [3.8, 4) is 0 Å². The van der Waals surface area contributed by atoms with Crippen LogP contribution in [-0.4, -0.2) is 61.3 Å². The maximum absolute atomic E-state index is 13.0. The normalized spacial score (nSPS) is 17.2. The molecule has 1 unspecified atom stereocenters. The van der Waals surface area contributed by atoms with Gasteiger partial charge < -0.3 is 20.9 Å². The van der Waals surface area contributed by atoms with Crippen molar-refractivity contribution >= 4 is 40.7 Å². The van der Waals surface area contributed by atoms with E-state index in [4.69, 9.17) is 5.73 Å². The predicted molar refractivity (Wildman–Crippen MR) is 138 cm³/mol. The lowest BCUT2D eigenvalue weighted by atomic mass is 10.0. The van der Waals surface area contributed by atoms with Crippen LogP contribution in [0.2, 0.25) is 0 Å². The highest BCUT2D eigenvalue weighted by atomic mass is 16.2. The van der Waals surface area contributed by atoms with Gasteiger partial charge in [-0.05, 0) is 62.2 Å². The SMILES string of the molecule is CN(CC(=O)NCCCCN)c1ccc(N=Nc2cccc3c2CN(C2CCC(=O)NC2=O)C3=O)cc1. The van der Waals surface area contributed by atoms with E-state index in [1.165, 1.54) is 4.90 Å². The fourth-order valence-electron chi connectivity index (χ4n) is 4.41. The minimum absolute atomic E-state index is 0.0536. The summed E-state index contributed by atoms with van der Waals surface area (Å²) in [5.74, 6) is -1.08. The van der Waals surface area contributed by atoms with E-state index in [0.717, 1.165) is 18.5 Å². The molecule has 0 saturated carbocycles. The molecule has 0 spiro atoms. The van der Waals surface area contributed by atoms with E-state index in [2.05, 4.69) is 20.9 Å². The molecule has 194 valence electrons. The zero-order valence-electron chi connectivity index (χ0n) is 20.8. The molecule has 4 amide bonds. The summed E-state index contributed by atoms with van der Waals surface area (Å²) < 4.78 is 0. The first-order valence-electron chi connectivity index (χ1n) is 12.3. The molecule has 4 rings (SSSR count). The van der Waals surface area contributed by atoms with Crippen LogP contribution in [0.15, 0.2) is 52.7 Å². The van der Waals surface area contributed by atoms with Crippen LogP contribution in [0.3, 0.4) is 0 Å². The van der Waals surface area contributed by atoms with Gasteiger partial charge in [-0.3, -0.25) is 24.5 Å². The third kappa shape index (κ3) is 6.18. The van der Waals surface area contributed by atoms with Gasteiger partial charge in [-0.25, -0.2) is 0 Å². The van der Waals surface area contributed by atoms with E-state index in [1.807, 2.05) is 24.1 Å². The van der Waals surface area contributed by atoms with Crippen LogP contribution >= 0.6 is 0 Å². The standard InChI is InChI=1S/C26H31N7O4/c1-32(16-24(35)28-14-3-2-13-27)18-9-7-17(8-10-18)30-31-21-6-4-5-19-20(21)15-33(26(19)37)22-11-12-23(34)29-25(22)36/h4-10,22H,2-3,11-16,27H2,1H3,(H,28,35)(H,29,34,36). The number of hydrogen-bond donors (Lipinski definition) is 3. The topological polar surface area (TPSA) is 150 Å². The van der Waals surface area contributed by atoms with Gasteiger partial charge in [-0.1, -0.05) is 6.07 Å². The van der Waals surface area contributed by atoms with Crippen LogP contribution in [0, 0.1) is 0 Å². The third-order valence-corrected chi connectivity index (χ3v) is 6.45. The Morgan fingerprint density at radius 3 is 2.65 bits per heavy atom. The molecule has 2 aliphatic heterocycles. The molecule has 0 aliphatic carbocycles. The maximum Gasteiger partial charge on any atom is 0.255 e. The van der Waals surface area contributed by atoms with Crippen LogP contribution < -0.4 is 21.3 Å². The molecule has 11 nitrogen and oxygen atoms in total. The summed E-state index contributed by atoms with van der Waals surface area (Å²) in [5.41, 5.74) is 8.69. The summed E-state index contributed by atoms with van der Waals surface area (Å²) in [6.45, 7) is 1.69. The molecule has 4 N–H and O–H groups in total. The van der Waals surface area contributed by atoms with Gasteiger partial charge in [0.2, 0.25) is 17.7 Å². The number of nitrogens with zero attached hydrogens (tertiary/aromatic N) is 4. The van der Waals surface area contributed by atoms with Gasteiger partial charge in [0.05, 0.1) is 17.9 Å². The number of amides is 4. The fourth-order valence-corrected chi connectivity index (χ4v) is 4.41. The number of carbonyl (C=O) groups is 4. The molecular formula is C26H31N7O4. The molecule has 11 heteroatoms. The summed E-state index contributed by atoms with van der Waals surface area (Å²) in [6, 6.07) is 11.9. The second-order valence-electron chi connectivity index (χ2n) is 9.12. The Bertz CT molecular complexity index is 1210. The Kier molecular flexibility index (Phi) is 8.24. The van der Waals surface area contributed by atoms with Crippen LogP contribution in [0.5, 0.6) is 0 Å². The Labute approximate surface area is 215 Å². The molecule has 2 heterocycles. The van der Waals surface area contributed by atoms with Gasteiger partial charge >= 0.3 is 0 Å². The number of nitrogens with one attached hydrogen (secondary N) is 2. The van der Waals surface area contributed by atoms with Crippen molar-refractivity contribution < 1.29 is 19.2 Å². The van der Waals surface area contributed by atoms with Gasteiger partial charge in [0.25, 0.3) is 5.91 Å². The zero-order chi connectivity index (χ0) is 26.4. The first kappa shape index (κ1) is 26.0. The summed E-state index contributed by atoms with van der Waals surface area (Å²) in [5, 5.41) is 13.9. The van der Waals surface area contributed by atoms with Crippen LogP contribution in [-0.2, 0) is 20.9 Å². The Balaban J connectivity index is 1.39. The smallest absolute Gasteiger partial charge is 0.255 e. The van der Waals surface area contributed by atoms with Gasteiger partial charge in [0, 0.05) is 43.4 Å². The van der Waals surface area contributed by atoms with Gasteiger partial charge in [0.15, 0.2) is 0 Å². The number of imide groups is 1. The van der Waals surface area contributed by atoms with Gasteiger partial charge in [-0.2, -0.15) is 10.2 Å². The first-order chi connectivity index (χ1) is 17.9. The van der Waals surface area contributed by atoms with Crippen molar-refractivity contribution in [1.29, 1.82) is 0 Å². The highest BCUT2D eigenvalue weighted by Crippen LogP contribution is 2.34. The number of hydrogen-bond acceptors (Lipinski definition) is 8. The summed E-state index contributed by atoms with van der Waals surface area (Å²) in [4.78, 5) is 52.2. The number of rotatable bonds is 10. The second-order valence-corrected chi connectivity index (χ2v) is 9.12. The number of nitrogens with two attached hydrogens (primary N) is 1.